The van der Waals surface area contributed by atoms with Crippen LogP contribution >= 0.6 is 15.9 Å². The molecule has 0 saturated heterocycles. The second-order valence-corrected chi connectivity index (χ2v) is 5.06. The summed E-state index contributed by atoms with van der Waals surface area (Å²) < 4.78 is 0.694. The van der Waals surface area contributed by atoms with E-state index in [9.17, 15) is 14.9 Å². The number of carboxylic acid groups (broad SMARTS) is 1. The van der Waals surface area contributed by atoms with Crippen LogP contribution < -0.4 is 4.90 Å². The zero-order valence-corrected chi connectivity index (χ0v) is 11.0. The van der Waals surface area contributed by atoms with E-state index < -0.39 is 10.9 Å². The molecule has 7 heteroatoms. The average Bonchev–Trinajstić information content (AvgIpc) is 3.08. The van der Waals surface area contributed by atoms with E-state index in [4.69, 9.17) is 5.11 Å². The van der Waals surface area contributed by atoms with Crippen molar-refractivity contribution in [2.24, 2.45) is 0 Å². The second kappa shape index (κ2) is 4.93. The maximum absolute atomic E-state index is 11.0. The molecular weight excluding hydrogens is 304 g/mol. The number of hydrogen-bond acceptors (Lipinski definition) is 4. The first-order chi connectivity index (χ1) is 8.49. The number of nitro benzene ring substituents is 1. The van der Waals surface area contributed by atoms with Crippen molar-refractivity contribution in [3.63, 3.8) is 0 Å². The van der Waals surface area contributed by atoms with E-state index in [1.54, 1.807) is 17.0 Å². The summed E-state index contributed by atoms with van der Waals surface area (Å²) in [5.41, 5.74) is 0.297. The topological polar surface area (TPSA) is 83.7 Å². The Morgan fingerprint density at radius 1 is 1.56 bits per heavy atom. The maximum atomic E-state index is 11.0. The van der Waals surface area contributed by atoms with E-state index in [2.05, 4.69) is 15.9 Å². The molecule has 0 radical (unpaired) electrons. The molecule has 18 heavy (non-hydrogen) atoms. The third kappa shape index (κ3) is 2.79. The van der Waals surface area contributed by atoms with Crippen molar-refractivity contribution in [1.82, 2.24) is 0 Å². The molecule has 0 bridgehead atoms. The van der Waals surface area contributed by atoms with Gasteiger partial charge in [0, 0.05) is 16.6 Å². The molecule has 0 heterocycles. The van der Waals surface area contributed by atoms with Crippen molar-refractivity contribution in [3.05, 3.63) is 32.8 Å². The van der Waals surface area contributed by atoms with Gasteiger partial charge in [0.25, 0.3) is 5.69 Å². The molecule has 1 N–H and O–H groups in total. The number of benzene rings is 1. The van der Waals surface area contributed by atoms with Gasteiger partial charge in [-0.3, -0.25) is 14.9 Å². The fraction of sp³-hybridized carbons (Fsp3) is 0.364. The Balaban J connectivity index is 2.41. The number of rotatable bonds is 5. The summed E-state index contributed by atoms with van der Waals surface area (Å²) in [6.07, 6.45) is 1.74. The van der Waals surface area contributed by atoms with Crippen molar-refractivity contribution in [3.8, 4) is 0 Å². The molecule has 6 nitrogen and oxygen atoms in total. The summed E-state index contributed by atoms with van der Waals surface area (Å²) in [6.45, 7) is -0.220. The zero-order chi connectivity index (χ0) is 13.3. The standard InChI is InChI=1S/C11H11BrN2O4/c12-7-1-4-9(14(17)18)10(5-7)13(6-11(15)16)8-2-3-8/h1,4-5,8H,2-3,6H2,(H,15,16). The van der Waals surface area contributed by atoms with Gasteiger partial charge in [-0.1, -0.05) is 15.9 Å². The highest BCUT2D eigenvalue weighted by atomic mass is 79.9. The molecule has 0 spiro atoms. The summed E-state index contributed by atoms with van der Waals surface area (Å²) in [5, 5.41) is 19.9. The number of hydrogen-bond donors (Lipinski definition) is 1. The van der Waals surface area contributed by atoms with Gasteiger partial charge in [-0.05, 0) is 25.0 Å². The highest BCUT2D eigenvalue weighted by Gasteiger charge is 2.34. The minimum atomic E-state index is -0.990. The highest BCUT2D eigenvalue weighted by Crippen LogP contribution is 2.38. The normalized spacial score (nSPS) is 14.3. The van der Waals surface area contributed by atoms with Crippen molar-refractivity contribution in [2.75, 3.05) is 11.4 Å². The lowest BCUT2D eigenvalue weighted by molar-refractivity contribution is -0.384. The third-order valence-corrected chi connectivity index (χ3v) is 3.23. The highest BCUT2D eigenvalue weighted by molar-refractivity contribution is 9.10. The summed E-state index contributed by atoms with van der Waals surface area (Å²) in [7, 11) is 0. The van der Waals surface area contributed by atoms with Crippen LogP contribution in [0.1, 0.15) is 12.8 Å². The fourth-order valence-electron chi connectivity index (χ4n) is 1.82. The largest absolute Gasteiger partial charge is 0.480 e. The molecule has 1 saturated carbocycles. The quantitative estimate of drug-likeness (QED) is 0.666. The number of anilines is 1. The van der Waals surface area contributed by atoms with E-state index in [-0.39, 0.29) is 18.3 Å². The Kier molecular flexibility index (Phi) is 3.51. The van der Waals surface area contributed by atoms with Crippen LogP contribution in [0.2, 0.25) is 0 Å². The number of halogens is 1. The number of carbonyl (C=O) groups is 1. The van der Waals surface area contributed by atoms with Crippen LogP contribution in [0, 0.1) is 10.1 Å². The van der Waals surface area contributed by atoms with E-state index in [1.165, 1.54) is 6.07 Å². The first-order valence-electron chi connectivity index (χ1n) is 5.41. The molecule has 0 atom stereocenters. The molecular formula is C11H11BrN2O4. The van der Waals surface area contributed by atoms with Gasteiger partial charge in [0.05, 0.1) is 4.92 Å². The van der Waals surface area contributed by atoms with Crippen LogP contribution in [0.15, 0.2) is 22.7 Å². The van der Waals surface area contributed by atoms with Gasteiger partial charge in [0.1, 0.15) is 12.2 Å². The molecule has 0 amide bonds. The monoisotopic (exact) mass is 314 g/mol. The Morgan fingerprint density at radius 3 is 2.72 bits per heavy atom. The van der Waals surface area contributed by atoms with Gasteiger partial charge in [0.15, 0.2) is 0 Å². The minimum Gasteiger partial charge on any atom is -0.480 e. The van der Waals surface area contributed by atoms with E-state index in [0.717, 1.165) is 12.8 Å². The summed E-state index contributed by atoms with van der Waals surface area (Å²) in [6, 6.07) is 4.65. The van der Waals surface area contributed by atoms with Crippen LogP contribution in [0.25, 0.3) is 0 Å². The molecule has 2 rings (SSSR count). The molecule has 1 aliphatic carbocycles. The predicted molar refractivity (Wildman–Crippen MR) is 68.8 cm³/mol. The first-order valence-corrected chi connectivity index (χ1v) is 6.20. The van der Waals surface area contributed by atoms with Crippen LogP contribution in [0.3, 0.4) is 0 Å². The van der Waals surface area contributed by atoms with Crippen LogP contribution in [-0.2, 0) is 4.79 Å². The lowest BCUT2D eigenvalue weighted by Crippen LogP contribution is -2.32. The number of aliphatic carboxylic acids is 1. The van der Waals surface area contributed by atoms with E-state index >= 15 is 0 Å². The van der Waals surface area contributed by atoms with Crippen LogP contribution in [-0.4, -0.2) is 28.6 Å². The molecule has 1 aromatic rings. The predicted octanol–water partition coefficient (Wildman–Crippen LogP) is 2.41. The van der Waals surface area contributed by atoms with E-state index in [1.807, 2.05) is 0 Å². The minimum absolute atomic E-state index is 0.0636. The average molecular weight is 315 g/mol. The van der Waals surface area contributed by atoms with Gasteiger partial charge in [-0.2, -0.15) is 0 Å². The number of carboxylic acids is 1. The smallest absolute Gasteiger partial charge is 0.323 e. The molecule has 96 valence electrons. The molecule has 1 aromatic carbocycles. The Morgan fingerprint density at radius 2 is 2.22 bits per heavy atom. The van der Waals surface area contributed by atoms with Crippen molar-refractivity contribution in [2.45, 2.75) is 18.9 Å². The van der Waals surface area contributed by atoms with Crippen LogP contribution in [0.4, 0.5) is 11.4 Å². The molecule has 0 unspecified atom stereocenters. The Labute approximate surface area is 111 Å². The van der Waals surface area contributed by atoms with Gasteiger partial charge < -0.3 is 10.0 Å². The van der Waals surface area contributed by atoms with Crippen LogP contribution in [0.5, 0.6) is 0 Å². The molecule has 1 fully saturated rings. The molecule has 0 aromatic heterocycles. The van der Waals surface area contributed by atoms with Gasteiger partial charge in [0.2, 0.25) is 0 Å². The Bertz CT molecular complexity index is 502. The molecule has 0 aliphatic heterocycles. The molecule has 1 aliphatic rings. The number of nitro groups is 1. The maximum Gasteiger partial charge on any atom is 0.323 e. The summed E-state index contributed by atoms with van der Waals surface area (Å²) in [5.74, 6) is -0.990. The van der Waals surface area contributed by atoms with Gasteiger partial charge in [-0.15, -0.1) is 0 Å². The third-order valence-electron chi connectivity index (χ3n) is 2.74. The summed E-state index contributed by atoms with van der Waals surface area (Å²) >= 11 is 3.25. The first kappa shape index (κ1) is 12.8. The van der Waals surface area contributed by atoms with Gasteiger partial charge >= 0.3 is 5.97 Å². The van der Waals surface area contributed by atoms with Gasteiger partial charge in [-0.25, -0.2) is 0 Å². The van der Waals surface area contributed by atoms with Crippen molar-refractivity contribution < 1.29 is 14.8 Å². The van der Waals surface area contributed by atoms with Crippen molar-refractivity contribution >= 4 is 33.3 Å². The Hall–Kier alpha value is -1.63. The SMILES string of the molecule is O=C(O)CN(c1cc(Br)ccc1[N+](=O)[O-])C1CC1. The number of nitrogens with zero attached hydrogens (tertiary/aromatic N) is 2. The zero-order valence-electron chi connectivity index (χ0n) is 9.38. The second-order valence-electron chi connectivity index (χ2n) is 4.14. The fourth-order valence-corrected chi connectivity index (χ4v) is 2.17. The lowest BCUT2D eigenvalue weighted by atomic mass is 10.2. The lowest BCUT2D eigenvalue weighted by Gasteiger charge is -2.22. The summed E-state index contributed by atoms with van der Waals surface area (Å²) in [4.78, 5) is 22.9. The van der Waals surface area contributed by atoms with E-state index in [0.29, 0.717) is 10.2 Å². The van der Waals surface area contributed by atoms with Crippen molar-refractivity contribution in [1.29, 1.82) is 0 Å².